The fourth-order valence-electron chi connectivity index (χ4n) is 4.05. The third-order valence-corrected chi connectivity index (χ3v) is 6.97. The van der Waals surface area contributed by atoms with E-state index < -0.39 is 23.8 Å². The lowest BCUT2D eigenvalue weighted by Crippen LogP contribution is -2.49. The number of aromatic nitrogens is 2. The van der Waals surface area contributed by atoms with Crippen molar-refractivity contribution in [1.82, 2.24) is 20.2 Å². The van der Waals surface area contributed by atoms with E-state index in [0.717, 1.165) is 38.0 Å². The number of pyridine rings is 1. The SMILES string of the molecule is CN1CCc2nc(NC(=O)[C@@H]3CCCC[C@H]3NC(=O)C(=O)Nc3ccc(Cl)cn3)sc2C1.Cl. The van der Waals surface area contributed by atoms with E-state index in [0.29, 0.717) is 23.0 Å². The Morgan fingerprint density at radius 2 is 1.94 bits per heavy atom. The second kappa shape index (κ2) is 11.2. The molecule has 3 amide bonds. The van der Waals surface area contributed by atoms with E-state index in [-0.39, 0.29) is 24.1 Å². The van der Waals surface area contributed by atoms with Crippen LogP contribution in [-0.4, -0.2) is 52.2 Å². The van der Waals surface area contributed by atoms with Crippen molar-refractivity contribution >= 4 is 64.0 Å². The Kier molecular flexibility index (Phi) is 8.63. The number of hydrogen-bond acceptors (Lipinski definition) is 7. The molecule has 178 valence electrons. The van der Waals surface area contributed by atoms with Gasteiger partial charge in [0.15, 0.2) is 5.13 Å². The van der Waals surface area contributed by atoms with Crippen LogP contribution < -0.4 is 16.0 Å². The number of nitrogens with zero attached hydrogens (tertiary/aromatic N) is 3. The molecule has 0 aromatic carbocycles. The fraction of sp³-hybridized carbons (Fsp3) is 0.476. The van der Waals surface area contributed by atoms with Crippen molar-refractivity contribution in [1.29, 1.82) is 0 Å². The lowest BCUT2D eigenvalue weighted by Gasteiger charge is -2.30. The zero-order valence-electron chi connectivity index (χ0n) is 18.1. The van der Waals surface area contributed by atoms with Gasteiger partial charge >= 0.3 is 11.8 Å². The smallest absolute Gasteiger partial charge is 0.314 e. The normalized spacial score (nSPS) is 20.2. The highest BCUT2D eigenvalue weighted by Crippen LogP contribution is 2.30. The maximum atomic E-state index is 13.0. The largest absolute Gasteiger partial charge is 0.344 e. The minimum absolute atomic E-state index is 0. The van der Waals surface area contributed by atoms with Crippen LogP contribution in [0.5, 0.6) is 0 Å². The molecule has 2 atom stereocenters. The van der Waals surface area contributed by atoms with Crippen molar-refractivity contribution in [3.05, 3.63) is 33.9 Å². The number of fused-ring (bicyclic) bond motifs is 1. The van der Waals surface area contributed by atoms with Crippen LogP contribution in [0.15, 0.2) is 18.3 Å². The molecule has 0 radical (unpaired) electrons. The summed E-state index contributed by atoms with van der Waals surface area (Å²) in [5.41, 5.74) is 1.05. The molecule has 2 aromatic rings. The second-order valence-corrected chi connectivity index (χ2v) is 9.67. The molecule has 1 saturated carbocycles. The Balaban J connectivity index is 0.00000306. The van der Waals surface area contributed by atoms with Gasteiger partial charge in [0, 0.05) is 36.6 Å². The first-order chi connectivity index (χ1) is 15.4. The van der Waals surface area contributed by atoms with Crippen molar-refractivity contribution < 1.29 is 14.4 Å². The van der Waals surface area contributed by atoms with Gasteiger partial charge in [-0.2, -0.15) is 0 Å². The number of nitrogens with one attached hydrogen (secondary N) is 3. The summed E-state index contributed by atoms with van der Waals surface area (Å²) < 4.78 is 0. The van der Waals surface area contributed by atoms with Crippen molar-refractivity contribution in [3.8, 4) is 0 Å². The predicted molar refractivity (Wildman–Crippen MR) is 130 cm³/mol. The lowest BCUT2D eigenvalue weighted by molar-refractivity contribution is -0.137. The first-order valence-corrected chi connectivity index (χ1v) is 11.8. The Morgan fingerprint density at radius 3 is 2.70 bits per heavy atom. The van der Waals surface area contributed by atoms with Crippen molar-refractivity contribution in [2.75, 3.05) is 24.2 Å². The summed E-state index contributed by atoms with van der Waals surface area (Å²) in [6, 6.07) is 2.66. The highest BCUT2D eigenvalue weighted by atomic mass is 35.5. The fourth-order valence-corrected chi connectivity index (χ4v) is 5.25. The molecule has 3 heterocycles. The highest BCUT2D eigenvalue weighted by molar-refractivity contribution is 7.15. The Hall–Kier alpha value is -2.27. The molecule has 0 unspecified atom stereocenters. The highest BCUT2D eigenvalue weighted by Gasteiger charge is 2.34. The Labute approximate surface area is 207 Å². The van der Waals surface area contributed by atoms with Crippen LogP contribution >= 0.6 is 35.3 Å². The van der Waals surface area contributed by atoms with Gasteiger partial charge in [-0.1, -0.05) is 24.4 Å². The van der Waals surface area contributed by atoms with E-state index in [1.54, 1.807) is 6.07 Å². The number of rotatable bonds is 4. The summed E-state index contributed by atoms with van der Waals surface area (Å²) in [6.07, 6.45) is 5.31. The Morgan fingerprint density at radius 1 is 1.15 bits per heavy atom. The average molecular weight is 513 g/mol. The predicted octanol–water partition coefficient (Wildman–Crippen LogP) is 2.85. The Bertz CT molecular complexity index is 1020. The molecule has 4 rings (SSSR count). The summed E-state index contributed by atoms with van der Waals surface area (Å²) >= 11 is 7.28. The van der Waals surface area contributed by atoms with Gasteiger partial charge in [-0.3, -0.25) is 14.4 Å². The number of carbonyl (C=O) groups excluding carboxylic acids is 3. The molecule has 1 aliphatic heterocycles. The average Bonchev–Trinajstić information content (AvgIpc) is 3.16. The zero-order chi connectivity index (χ0) is 22.7. The third kappa shape index (κ3) is 6.41. The zero-order valence-corrected chi connectivity index (χ0v) is 20.5. The van der Waals surface area contributed by atoms with Crippen LogP contribution in [0.25, 0.3) is 0 Å². The van der Waals surface area contributed by atoms with Crippen LogP contribution in [0.2, 0.25) is 5.02 Å². The summed E-state index contributed by atoms with van der Waals surface area (Å²) in [5.74, 6) is -1.99. The summed E-state index contributed by atoms with van der Waals surface area (Å²) in [4.78, 5) is 49.7. The summed E-state index contributed by atoms with van der Waals surface area (Å²) in [7, 11) is 2.06. The maximum Gasteiger partial charge on any atom is 0.314 e. The van der Waals surface area contributed by atoms with Gasteiger partial charge in [-0.15, -0.1) is 23.7 Å². The number of carbonyl (C=O) groups is 3. The monoisotopic (exact) mass is 512 g/mol. The van der Waals surface area contributed by atoms with Gasteiger partial charge in [-0.25, -0.2) is 9.97 Å². The quantitative estimate of drug-likeness (QED) is 0.542. The molecule has 1 aliphatic carbocycles. The molecule has 33 heavy (non-hydrogen) atoms. The minimum Gasteiger partial charge on any atom is -0.344 e. The first-order valence-electron chi connectivity index (χ1n) is 10.6. The van der Waals surface area contributed by atoms with Gasteiger partial charge in [0.25, 0.3) is 0 Å². The summed E-state index contributed by atoms with van der Waals surface area (Å²) in [5, 5.41) is 9.13. The number of anilines is 2. The number of thiazole rings is 1. The van der Waals surface area contributed by atoms with Crippen molar-refractivity contribution in [3.63, 3.8) is 0 Å². The molecular formula is C21H26Cl2N6O3S. The minimum atomic E-state index is -0.832. The molecule has 9 nitrogen and oxygen atoms in total. The number of halogens is 2. The molecule has 0 bridgehead atoms. The van der Waals surface area contributed by atoms with E-state index in [9.17, 15) is 14.4 Å². The van der Waals surface area contributed by atoms with E-state index >= 15 is 0 Å². The number of hydrogen-bond donors (Lipinski definition) is 3. The first kappa shape index (κ1) is 25.4. The summed E-state index contributed by atoms with van der Waals surface area (Å²) in [6.45, 7) is 1.79. The van der Waals surface area contributed by atoms with Crippen LogP contribution in [0.1, 0.15) is 36.3 Å². The van der Waals surface area contributed by atoms with Crippen molar-refractivity contribution in [2.24, 2.45) is 5.92 Å². The number of amides is 3. The maximum absolute atomic E-state index is 13.0. The van der Waals surface area contributed by atoms with E-state index in [2.05, 4.69) is 37.9 Å². The number of likely N-dealkylation sites (N-methyl/N-ethyl adjacent to an activating group) is 1. The molecule has 3 N–H and O–H groups in total. The van der Waals surface area contributed by atoms with Gasteiger partial charge in [0.05, 0.1) is 16.6 Å². The molecular weight excluding hydrogens is 487 g/mol. The van der Waals surface area contributed by atoms with Crippen LogP contribution in [0, 0.1) is 5.92 Å². The molecule has 1 fully saturated rings. The van der Waals surface area contributed by atoms with Gasteiger partial charge < -0.3 is 20.9 Å². The molecule has 0 saturated heterocycles. The molecule has 2 aliphatic rings. The van der Waals surface area contributed by atoms with Crippen LogP contribution in [-0.2, 0) is 27.3 Å². The van der Waals surface area contributed by atoms with Gasteiger partial charge in [-0.05, 0) is 32.0 Å². The van der Waals surface area contributed by atoms with E-state index in [1.165, 1.54) is 28.5 Å². The molecule has 2 aromatic heterocycles. The molecule has 0 spiro atoms. The van der Waals surface area contributed by atoms with E-state index in [4.69, 9.17) is 11.6 Å². The van der Waals surface area contributed by atoms with Crippen LogP contribution in [0.3, 0.4) is 0 Å². The van der Waals surface area contributed by atoms with Crippen LogP contribution in [0.4, 0.5) is 10.9 Å². The van der Waals surface area contributed by atoms with Gasteiger partial charge in [0.2, 0.25) is 5.91 Å². The van der Waals surface area contributed by atoms with Gasteiger partial charge in [0.1, 0.15) is 5.82 Å². The lowest BCUT2D eigenvalue weighted by atomic mass is 9.84. The third-order valence-electron chi connectivity index (χ3n) is 5.75. The second-order valence-electron chi connectivity index (χ2n) is 8.15. The van der Waals surface area contributed by atoms with Crippen molar-refractivity contribution in [2.45, 2.75) is 44.7 Å². The topological polar surface area (TPSA) is 116 Å². The molecule has 12 heteroatoms. The standard InChI is InChI=1S/C21H25ClN6O3S.ClH/c1-28-9-8-15-16(11-28)32-21(25-15)27-18(29)13-4-2-3-5-14(13)24-19(30)20(31)26-17-7-6-12(22)10-23-17;/h6-7,10,13-14H,2-5,8-9,11H2,1H3,(H,24,30)(H,23,26,31)(H,25,27,29);1H/t13-,14-;/m1./s1. The van der Waals surface area contributed by atoms with E-state index in [1.807, 2.05) is 0 Å².